The first-order valence-corrected chi connectivity index (χ1v) is 7.77. The summed E-state index contributed by atoms with van der Waals surface area (Å²) in [6.07, 6.45) is 2.70. The topological polar surface area (TPSA) is 53.0 Å². The van der Waals surface area contributed by atoms with Crippen LogP contribution < -0.4 is 5.01 Å². The molecule has 1 aliphatic heterocycles. The molecule has 0 fully saturated rings. The zero-order chi connectivity index (χ0) is 16.1. The van der Waals surface area contributed by atoms with Crippen molar-refractivity contribution in [2.24, 2.45) is 5.10 Å². The summed E-state index contributed by atoms with van der Waals surface area (Å²) in [4.78, 5) is 26.3. The molecule has 1 heterocycles. The van der Waals surface area contributed by atoms with E-state index in [9.17, 15) is 9.59 Å². The second-order valence-corrected chi connectivity index (χ2v) is 5.64. The van der Waals surface area contributed by atoms with Gasteiger partial charge in [-0.2, -0.15) is 5.10 Å². The molecule has 1 aliphatic rings. The molecule has 0 spiro atoms. The second kappa shape index (κ2) is 7.20. The average Bonchev–Trinajstić information content (AvgIpc) is 2.55. The van der Waals surface area contributed by atoms with E-state index >= 15 is 0 Å². The first-order valence-electron chi connectivity index (χ1n) is 7.77. The third-order valence-electron chi connectivity index (χ3n) is 3.97. The highest BCUT2D eigenvalue weighted by Crippen LogP contribution is 2.20. The van der Waals surface area contributed by atoms with Crippen LogP contribution in [-0.4, -0.2) is 35.5 Å². The van der Waals surface area contributed by atoms with Gasteiger partial charge in [0, 0.05) is 25.9 Å². The number of hydrogen-bond acceptors (Lipinski definition) is 3. The Hall–Kier alpha value is -2.17. The van der Waals surface area contributed by atoms with Crippen LogP contribution in [0.25, 0.3) is 0 Å². The van der Waals surface area contributed by atoms with Crippen LogP contribution in [0.3, 0.4) is 0 Å². The molecule has 0 radical (unpaired) electrons. The molecule has 0 N–H and O–H groups in total. The van der Waals surface area contributed by atoms with E-state index in [0.717, 1.165) is 12.8 Å². The zero-order valence-electron chi connectivity index (χ0n) is 13.5. The number of carbonyl (C=O) groups excluding carboxylic acids is 2. The lowest BCUT2D eigenvalue weighted by Crippen LogP contribution is -2.43. The van der Waals surface area contributed by atoms with Crippen molar-refractivity contribution in [2.45, 2.75) is 45.6 Å². The summed E-state index contributed by atoms with van der Waals surface area (Å²) in [6, 6.07) is 9.39. The van der Waals surface area contributed by atoms with Crippen LogP contribution in [0.4, 0.5) is 5.69 Å². The highest BCUT2D eigenvalue weighted by atomic mass is 16.2. The van der Waals surface area contributed by atoms with Crippen molar-refractivity contribution in [3.05, 3.63) is 30.3 Å². The van der Waals surface area contributed by atoms with Crippen LogP contribution in [0.5, 0.6) is 0 Å². The smallest absolute Gasteiger partial charge is 0.270 e. The molecule has 1 aromatic carbocycles. The second-order valence-electron chi connectivity index (χ2n) is 5.64. The van der Waals surface area contributed by atoms with Crippen LogP contribution in [0.2, 0.25) is 0 Å². The van der Waals surface area contributed by atoms with Gasteiger partial charge in [-0.25, -0.2) is 5.01 Å². The van der Waals surface area contributed by atoms with Crippen molar-refractivity contribution in [3.8, 4) is 0 Å². The number of carbonyl (C=O) groups is 2. The van der Waals surface area contributed by atoms with Crippen molar-refractivity contribution in [1.82, 2.24) is 4.90 Å². The van der Waals surface area contributed by atoms with E-state index in [4.69, 9.17) is 0 Å². The van der Waals surface area contributed by atoms with Crippen LogP contribution in [0.15, 0.2) is 35.4 Å². The van der Waals surface area contributed by atoms with Gasteiger partial charge in [0.2, 0.25) is 5.91 Å². The van der Waals surface area contributed by atoms with E-state index < -0.39 is 0 Å². The highest BCUT2D eigenvalue weighted by Gasteiger charge is 2.28. The Morgan fingerprint density at radius 3 is 2.64 bits per heavy atom. The lowest BCUT2D eigenvalue weighted by Gasteiger charge is -2.28. The Bertz CT molecular complexity index is 569. The van der Waals surface area contributed by atoms with Gasteiger partial charge in [0.05, 0.1) is 5.69 Å². The largest absolute Gasteiger partial charge is 0.338 e. The maximum Gasteiger partial charge on any atom is 0.270 e. The van der Waals surface area contributed by atoms with Gasteiger partial charge in [0.25, 0.3) is 5.91 Å². The number of anilines is 1. The molecule has 0 saturated heterocycles. The quantitative estimate of drug-likeness (QED) is 0.839. The predicted molar refractivity (Wildman–Crippen MR) is 87.7 cm³/mol. The van der Waals surface area contributed by atoms with Crippen LogP contribution in [0.1, 0.15) is 39.5 Å². The van der Waals surface area contributed by atoms with Gasteiger partial charge in [-0.3, -0.25) is 9.59 Å². The molecule has 22 heavy (non-hydrogen) atoms. The van der Waals surface area contributed by atoms with Gasteiger partial charge in [0.15, 0.2) is 0 Å². The Morgan fingerprint density at radius 2 is 2.00 bits per heavy atom. The molecule has 2 rings (SSSR count). The number of hydrogen-bond donors (Lipinski definition) is 0. The van der Waals surface area contributed by atoms with Crippen LogP contribution in [0, 0.1) is 0 Å². The number of para-hydroxylation sites is 1. The minimum Gasteiger partial charge on any atom is -0.338 e. The normalized spacial score (nSPS) is 16.2. The molecule has 0 saturated carbocycles. The maximum absolute atomic E-state index is 12.6. The SMILES string of the molecule is CCC[C@H](C)N(C)C(=O)C1=NN(c2ccccc2)C(=O)CC1. The summed E-state index contributed by atoms with van der Waals surface area (Å²) in [5.41, 5.74) is 1.15. The molecule has 0 unspecified atom stereocenters. The van der Waals surface area contributed by atoms with Crippen molar-refractivity contribution in [2.75, 3.05) is 12.1 Å². The Morgan fingerprint density at radius 1 is 1.32 bits per heavy atom. The first kappa shape index (κ1) is 16.2. The van der Waals surface area contributed by atoms with Crippen molar-refractivity contribution in [1.29, 1.82) is 0 Å². The molecule has 5 nitrogen and oxygen atoms in total. The fourth-order valence-electron chi connectivity index (χ4n) is 2.49. The van der Waals surface area contributed by atoms with E-state index in [1.165, 1.54) is 5.01 Å². The number of amides is 2. The molecular weight excluding hydrogens is 278 g/mol. The van der Waals surface area contributed by atoms with Crippen molar-refractivity contribution in [3.63, 3.8) is 0 Å². The summed E-state index contributed by atoms with van der Waals surface area (Å²) in [7, 11) is 1.80. The van der Waals surface area contributed by atoms with E-state index in [1.807, 2.05) is 37.3 Å². The van der Waals surface area contributed by atoms with Crippen molar-refractivity contribution >= 4 is 23.2 Å². The minimum absolute atomic E-state index is 0.0768. The molecule has 0 bridgehead atoms. The first-order chi connectivity index (χ1) is 10.5. The maximum atomic E-state index is 12.6. The molecule has 0 aliphatic carbocycles. The van der Waals surface area contributed by atoms with Crippen LogP contribution >= 0.6 is 0 Å². The monoisotopic (exact) mass is 301 g/mol. The number of rotatable bonds is 5. The lowest BCUT2D eigenvalue weighted by atomic mass is 10.1. The van der Waals surface area contributed by atoms with Gasteiger partial charge >= 0.3 is 0 Å². The van der Waals surface area contributed by atoms with E-state index in [-0.39, 0.29) is 17.9 Å². The molecular formula is C17H23N3O2. The highest BCUT2D eigenvalue weighted by molar-refractivity contribution is 6.40. The van der Waals surface area contributed by atoms with Gasteiger partial charge < -0.3 is 4.90 Å². The average molecular weight is 301 g/mol. The summed E-state index contributed by atoms with van der Waals surface area (Å²) in [5, 5.41) is 5.65. The third-order valence-corrected chi connectivity index (χ3v) is 3.97. The van der Waals surface area contributed by atoms with Crippen LogP contribution in [-0.2, 0) is 9.59 Å². The Balaban J connectivity index is 2.20. The predicted octanol–water partition coefficient (Wildman–Crippen LogP) is 2.82. The molecule has 5 heteroatoms. The standard InChI is InChI=1S/C17H23N3O2/c1-4-8-13(2)19(3)17(22)15-11-12-16(21)20(18-15)14-9-6-5-7-10-14/h5-7,9-10,13H,4,8,11-12H2,1-3H3/t13-/m0/s1. The number of nitrogens with zero attached hydrogens (tertiary/aromatic N) is 3. The summed E-state index contributed by atoms with van der Waals surface area (Å²) in [5.74, 6) is -0.165. The number of benzene rings is 1. The fourth-order valence-corrected chi connectivity index (χ4v) is 2.49. The fraction of sp³-hybridized carbons (Fsp3) is 0.471. The van der Waals surface area contributed by atoms with E-state index in [1.54, 1.807) is 11.9 Å². The lowest BCUT2D eigenvalue weighted by molar-refractivity contribution is -0.125. The van der Waals surface area contributed by atoms with Crippen molar-refractivity contribution < 1.29 is 9.59 Å². The van der Waals surface area contributed by atoms with Gasteiger partial charge in [-0.05, 0) is 25.5 Å². The third kappa shape index (κ3) is 3.53. The molecule has 1 atom stereocenters. The minimum atomic E-state index is -0.0885. The molecule has 1 aromatic rings. The summed E-state index contributed by atoms with van der Waals surface area (Å²) >= 11 is 0. The summed E-state index contributed by atoms with van der Waals surface area (Å²) < 4.78 is 0. The van der Waals surface area contributed by atoms with E-state index in [2.05, 4.69) is 12.0 Å². The molecule has 0 aromatic heterocycles. The summed E-state index contributed by atoms with van der Waals surface area (Å²) in [6.45, 7) is 4.13. The number of hydrazone groups is 1. The van der Waals surface area contributed by atoms with Gasteiger partial charge in [-0.1, -0.05) is 31.5 Å². The van der Waals surface area contributed by atoms with Gasteiger partial charge in [0.1, 0.15) is 5.71 Å². The molecule has 118 valence electrons. The zero-order valence-corrected chi connectivity index (χ0v) is 13.5. The van der Waals surface area contributed by atoms with Gasteiger partial charge in [-0.15, -0.1) is 0 Å². The molecule has 2 amide bonds. The van der Waals surface area contributed by atoms with E-state index in [0.29, 0.717) is 24.2 Å². The Kier molecular flexibility index (Phi) is 5.31. The Labute approximate surface area is 131 Å².